The third kappa shape index (κ3) is 1.85. The van der Waals surface area contributed by atoms with Crippen molar-refractivity contribution in [3.63, 3.8) is 0 Å². The lowest BCUT2D eigenvalue weighted by atomic mass is 9.53. The lowest BCUT2D eigenvalue weighted by Gasteiger charge is -2.57. The predicted molar refractivity (Wildman–Crippen MR) is 96.5 cm³/mol. The van der Waals surface area contributed by atoms with Gasteiger partial charge in [0.25, 0.3) is 0 Å². The van der Waals surface area contributed by atoms with Crippen LogP contribution in [0.15, 0.2) is 24.3 Å². The molecule has 2 heterocycles. The van der Waals surface area contributed by atoms with Gasteiger partial charge >= 0.3 is 0 Å². The minimum absolute atomic E-state index is 0.0117. The van der Waals surface area contributed by atoms with E-state index in [0.717, 1.165) is 30.9 Å². The molecule has 0 aromatic heterocycles. The summed E-state index contributed by atoms with van der Waals surface area (Å²) in [5.74, 6) is 2.35. The minimum Gasteiger partial charge on any atom is -0.493 e. The molecule has 0 radical (unpaired) electrons. The molecule has 1 spiro atoms. The van der Waals surface area contributed by atoms with Gasteiger partial charge in [-0.15, -0.1) is 0 Å². The maximum absolute atomic E-state index is 6.58. The summed E-state index contributed by atoms with van der Waals surface area (Å²) in [6.45, 7) is 4.61. The molecule has 5 rings (SSSR count). The van der Waals surface area contributed by atoms with E-state index in [0.29, 0.717) is 12.0 Å². The summed E-state index contributed by atoms with van der Waals surface area (Å²) < 4.78 is 18.0. The standard InChI is InChI=1S/C21H27NO3/c1-4-10-22-11-9-21-14-6-8-17(24-3)20(21)25-19-16(23-2)7-5-13(18(19)21)12-15(14)22/h5-8,14-15,17,20H,4,9-12H2,1-3H3. The highest BCUT2D eigenvalue weighted by Crippen LogP contribution is 2.62. The van der Waals surface area contributed by atoms with Crippen LogP contribution in [0, 0.1) is 5.92 Å². The first kappa shape index (κ1) is 15.7. The van der Waals surface area contributed by atoms with E-state index in [-0.39, 0.29) is 17.6 Å². The van der Waals surface area contributed by atoms with Crippen LogP contribution in [0.1, 0.15) is 30.9 Å². The number of likely N-dealkylation sites (tertiary alicyclic amines) is 1. The van der Waals surface area contributed by atoms with Crippen molar-refractivity contribution < 1.29 is 14.2 Å². The van der Waals surface area contributed by atoms with Crippen molar-refractivity contribution in [3.8, 4) is 11.5 Å². The van der Waals surface area contributed by atoms with Gasteiger partial charge in [-0.05, 0) is 44.0 Å². The Morgan fingerprint density at radius 1 is 1.28 bits per heavy atom. The molecule has 4 nitrogen and oxygen atoms in total. The molecule has 0 saturated carbocycles. The number of hydrogen-bond donors (Lipinski definition) is 0. The Morgan fingerprint density at radius 2 is 2.16 bits per heavy atom. The second-order valence-electron chi connectivity index (χ2n) is 7.88. The van der Waals surface area contributed by atoms with Gasteiger partial charge in [-0.25, -0.2) is 0 Å². The quantitative estimate of drug-likeness (QED) is 0.788. The number of benzene rings is 1. The third-order valence-corrected chi connectivity index (χ3v) is 6.96. The molecule has 1 fully saturated rings. The normalized spacial score (nSPS) is 37.6. The number of hydrogen-bond acceptors (Lipinski definition) is 4. The highest BCUT2D eigenvalue weighted by atomic mass is 16.6. The van der Waals surface area contributed by atoms with Gasteiger partial charge in [-0.1, -0.05) is 25.1 Å². The summed E-state index contributed by atoms with van der Waals surface area (Å²) in [6, 6.07) is 4.92. The van der Waals surface area contributed by atoms with E-state index in [1.165, 1.54) is 24.1 Å². The molecule has 1 saturated heterocycles. The monoisotopic (exact) mass is 341 g/mol. The average molecular weight is 341 g/mol. The Labute approximate surface area is 149 Å². The van der Waals surface area contributed by atoms with Crippen molar-refractivity contribution in [3.05, 3.63) is 35.4 Å². The molecule has 1 aromatic rings. The van der Waals surface area contributed by atoms with Crippen LogP contribution in [-0.2, 0) is 16.6 Å². The summed E-state index contributed by atoms with van der Waals surface area (Å²) in [4.78, 5) is 2.70. The van der Waals surface area contributed by atoms with E-state index < -0.39 is 0 Å². The summed E-state index contributed by atoms with van der Waals surface area (Å²) in [6.07, 6.45) is 8.19. The van der Waals surface area contributed by atoms with E-state index in [1.807, 2.05) is 0 Å². The van der Waals surface area contributed by atoms with E-state index in [9.17, 15) is 0 Å². The van der Waals surface area contributed by atoms with E-state index in [2.05, 4.69) is 36.1 Å². The second-order valence-corrected chi connectivity index (χ2v) is 7.88. The number of methoxy groups -OCH3 is 2. The van der Waals surface area contributed by atoms with Gasteiger partial charge in [0.2, 0.25) is 0 Å². The Balaban J connectivity index is 1.72. The van der Waals surface area contributed by atoms with Gasteiger partial charge in [0.1, 0.15) is 12.2 Å². The summed E-state index contributed by atoms with van der Waals surface area (Å²) in [5.41, 5.74) is 2.91. The van der Waals surface area contributed by atoms with Gasteiger partial charge in [0.05, 0.1) is 7.11 Å². The van der Waals surface area contributed by atoms with Crippen LogP contribution in [0.3, 0.4) is 0 Å². The third-order valence-electron chi connectivity index (χ3n) is 6.96. The van der Waals surface area contributed by atoms with E-state index in [1.54, 1.807) is 14.2 Å². The van der Waals surface area contributed by atoms with Crippen molar-refractivity contribution in [1.82, 2.24) is 4.90 Å². The smallest absolute Gasteiger partial charge is 0.165 e. The number of rotatable bonds is 4. The van der Waals surface area contributed by atoms with Crippen molar-refractivity contribution in [2.75, 3.05) is 27.3 Å². The van der Waals surface area contributed by atoms with Crippen LogP contribution in [0.5, 0.6) is 11.5 Å². The maximum atomic E-state index is 6.58. The molecule has 2 bridgehead atoms. The van der Waals surface area contributed by atoms with Gasteiger partial charge in [-0.3, -0.25) is 4.90 Å². The first-order chi connectivity index (χ1) is 12.2. The fraction of sp³-hybridized carbons (Fsp3) is 0.619. The van der Waals surface area contributed by atoms with Crippen LogP contribution in [0.2, 0.25) is 0 Å². The number of piperidine rings is 1. The van der Waals surface area contributed by atoms with Crippen molar-refractivity contribution in [2.24, 2.45) is 5.92 Å². The largest absolute Gasteiger partial charge is 0.493 e. The highest BCUT2D eigenvalue weighted by molar-refractivity contribution is 5.62. The SMILES string of the molecule is CCCN1CCC23c4c5ccc(OC)c4OC2C(OC)C=CC3C1C5. The Bertz CT molecular complexity index is 730. The van der Waals surface area contributed by atoms with Crippen LogP contribution >= 0.6 is 0 Å². The molecule has 134 valence electrons. The number of ether oxygens (including phenoxy) is 3. The summed E-state index contributed by atoms with van der Waals surface area (Å²) in [7, 11) is 3.53. The molecule has 2 aliphatic carbocycles. The zero-order chi connectivity index (χ0) is 17.2. The van der Waals surface area contributed by atoms with E-state index >= 15 is 0 Å². The van der Waals surface area contributed by atoms with Crippen molar-refractivity contribution >= 4 is 0 Å². The topological polar surface area (TPSA) is 30.9 Å². The zero-order valence-corrected chi connectivity index (χ0v) is 15.3. The van der Waals surface area contributed by atoms with Crippen LogP contribution in [-0.4, -0.2) is 50.5 Å². The van der Waals surface area contributed by atoms with Crippen molar-refractivity contribution in [1.29, 1.82) is 0 Å². The number of nitrogens with zero attached hydrogens (tertiary/aromatic N) is 1. The summed E-state index contributed by atoms with van der Waals surface area (Å²) >= 11 is 0. The van der Waals surface area contributed by atoms with Crippen LogP contribution < -0.4 is 9.47 Å². The molecule has 0 N–H and O–H groups in total. The van der Waals surface area contributed by atoms with Gasteiger partial charge < -0.3 is 14.2 Å². The molecule has 5 atom stereocenters. The molecule has 25 heavy (non-hydrogen) atoms. The van der Waals surface area contributed by atoms with E-state index in [4.69, 9.17) is 14.2 Å². The highest BCUT2D eigenvalue weighted by Gasteiger charge is 2.64. The van der Waals surface area contributed by atoms with Gasteiger partial charge in [0, 0.05) is 30.0 Å². The summed E-state index contributed by atoms with van der Waals surface area (Å²) in [5, 5.41) is 0. The maximum Gasteiger partial charge on any atom is 0.165 e. The van der Waals surface area contributed by atoms with Gasteiger partial charge in [-0.2, -0.15) is 0 Å². The fourth-order valence-corrected chi connectivity index (χ4v) is 6.03. The predicted octanol–water partition coefficient (Wildman–Crippen LogP) is 2.94. The first-order valence-corrected chi connectivity index (χ1v) is 9.56. The average Bonchev–Trinajstić information content (AvgIpc) is 2.98. The zero-order valence-electron chi connectivity index (χ0n) is 15.3. The molecular weight excluding hydrogens is 314 g/mol. The molecule has 2 aliphatic heterocycles. The molecule has 5 unspecified atom stereocenters. The first-order valence-electron chi connectivity index (χ1n) is 9.56. The second kappa shape index (κ2) is 5.49. The van der Waals surface area contributed by atoms with Gasteiger partial charge in [0.15, 0.2) is 11.5 Å². The minimum atomic E-state index is 0.0117. The van der Waals surface area contributed by atoms with Crippen LogP contribution in [0.4, 0.5) is 0 Å². The van der Waals surface area contributed by atoms with Crippen LogP contribution in [0.25, 0.3) is 0 Å². The molecule has 1 aromatic carbocycles. The Morgan fingerprint density at radius 3 is 2.92 bits per heavy atom. The molecule has 4 heteroatoms. The Hall–Kier alpha value is -1.52. The molecule has 0 amide bonds. The Kier molecular flexibility index (Phi) is 3.45. The lowest BCUT2D eigenvalue weighted by Crippen LogP contribution is -2.65. The fourth-order valence-electron chi connectivity index (χ4n) is 6.03. The molecular formula is C21H27NO3. The molecule has 4 aliphatic rings. The lowest BCUT2D eigenvalue weighted by molar-refractivity contribution is -0.0631. The van der Waals surface area contributed by atoms with Crippen molar-refractivity contribution in [2.45, 2.75) is 49.9 Å².